The van der Waals surface area contributed by atoms with Gasteiger partial charge in [-0.25, -0.2) is 4.98 Å². The fourth-order valence-corrected chi connectivity index (χ4v) is 4.61. The maximum Gasteiger partial charge on any atom is 0.268 e. The van der Waals surface area contributed by atoms with Crippen LogP contribution in [0.25, 0.3) is 5.69 Å². The Labute approximate surface area is 178 Å². The molecule has 154 valence electrons. The number of amides is 1. The second kappa shape index (κ2) is 8.36. The number of nitrogens with zero attached hydrogens (tertiary/aromatic N) is 3. The lowest BCUT2D eigenvalue weighted by Gasteiger charge is -2.23. The molecule has 0 fully saturated rings. The Morgan fingerprint density at radius 2 is 1.97 bits per heavy atom. The van der Waals surface area contributed by atoms with Crippen LogP contribution in [0.3, 0.4) is 0 Å². The Balaban J connectivity index is 1.73. The Hall–Kier alpha value is -3.06. The third-order valence-corrected chi connectivity index (χ3v) is 6.53. The molecule has 0 N–H and O–H groups in total. The summed E-state index contributed by atoms with van der Waals surface area (Å²) in [6.07, 6.45) is 2.46. The van der Waals surface area contributed by atoms with E-state index in [9.17, 15) is 14.4 Å². The van der Waals surface area contributed by atoms with Gasteiger partial charge in [-0.2, -0.15) is 0 Å². The lowest BCUT2D eigenvalue weighted by Crippen LogP contribution is -2.37. The SMILES string of the molecule is Cc1ncsc1CCN(C)C(=O)c1cc2c(n(-c3ccccc3)c1=O)CCCC2=O. The first kappa shape index (κ1) is 20.2. The molecule has 3 aromatic rings. The molecule has 2 heterocycles. The average molecular weight is 422 g/mol. The van der Waals surface area contributed by atoms with Gasteiger partial charge in [0.05, 0.1) is 11.2 Å². The van der Waals surface area contributed by atoms with Gasteiger partial charge >= 0.3 is 0 Å². The maximum atomic E-state index is 13.4. The number of benzene rings is 1. The fourth-order valence-electron chi connectivity index (χ4n) is 3.84. The van der Waals surface area contributed by atoms with Crippen LogP contribution in [-0.2, 0) is 12.8 Å². The zero-order valence-corrected chi connectivity index (χ0v) is 17.9. The molecule has 2 aromatic heterocycles. The minimum absolute atomic E-state index is 0.0158. The maximum absolute atomic E-state index is 13.4. The van der Waals surface area contributed by atoms with Crippen LogP contribution in [0.1, 0.15) is 49.8 Å². The zero-order chi connectivity index (χ0) is 21.3. The van der Waals surface area contributed by atoms with Crippen molar-refractivity contribution >= 4 is 23.0 Å². The van der Waals surface area contributed by atoms with Gasteiger partial charge in [0.2, 0.25) is 0 Å². The number of fused-ring (bicyclic) bond motifs is 1. The Morgan fingerprint density at radius 3 is 2.67 bits per heavy atom. The molecule has 1 aliphatic rings. The van der Waals surface area contributed by atoms with Crippen molar-refractivity contribution in [2.75, 3.05) is 13.6 Å². The van der Waals surface area contributed by atoms with Gasteiger partial charge in [0, 0.05) is 48.3 Å². The van der Waals surface area contributed by atoms with Crippen LogP contribution >= 0.6 is 11.3 Å². The Morgan fingerprint density at radius 1 is 1.20 bits per heavy atom. The predicted octanol–water partition coefficient (Wildman–Crippen LogP) is 3.44. The summed E-state index contributed by atoms with van der Waals surface area (Å²) in [6, 6.07) is 10.7. The van der Waals surface area contributed by atoms with Crippen LogP contribution < -0.4 is 5.56 Å². The molecule has 4 rings (SSSR count). The number of ketones is 1. The van der Waals surface area contributed by atoms with Gasteiger partial charge in [-0.3, -0.25) is 19.0 Å². The van der Waals surface area contributed by atoms with E-state index in [0.717, 1.165) is 10.6 Å². The minimum atomic E-state index is -0.375. The van der Waals surface area contributed by atoms with Gasteiger partial charge in [0.1, 0.15) is 5.56 Å². The van der Waals surface area contributed by atoms with Crippen molar-refractivity contribution in [1.82, 2.24) is 14.5 Å². The lowest BCUT2D eigenvalue weighted by molar-refractivity contribution is 0.0794. The van der Waals surface area contributed by atoms with Gasteiger partial charge in [0.25, 0.3) is 11.5 Å². The van der Waals surface area contributed by atoms with Crippen LogP contribution in [0.2, 0.25) is 0 Å². The summed E-state index contributed by atoms with van der Waals surface area (Å²) >= 11 is 1.56. The van der Waals surface area contributed by atoms with E-state index in [1.165, 1.54) is 6.07 Å². The van der Waals surface area contributed by atoms with Crippen LogP contribution in [0, 0.1) is 6.92 Å². The van der Waals surface area contributed by atoms with E-state index in [1.54, 1.807) is 33.4 Å². The third kappa shape index (κ3) is 3.73. The number of aromatic nitrogens is 2. The fraction of sp³-hybridized carbons (Fsp3) is 0.304. The largest absolute Gasteiger partial charge is 0.341 e. The van der Waals surface area contributed by atoms with Crippen molar-refractivity contribution in [3.05, 3.63) is 79.7 Å². The summed E-state index contributed by atoms with van der Waals surface area (Å²) in [5.74, 6) is -0.383. The van der Waals surface area contributed by atoms with Crippen molar-refractivity contribution in [1.29, 1.82) is 0 Å². The predicted molar refractivity (Wildman–Crippen MR) is 117 cm³/mol. The van der Waals surface area contributed by atoms with E-state index < -0.39 is 0 Å². The quantitative estimate of drug-likeness (QED) is 0.633. The molecular weight excluding hydrogens is 398 g/mol. The second-order valence-corrected chi connectivity index (χ2v) is 8.45. The number of hydrogen-bond donors (Lipinski definition) is 0. The molecule has 6 nitrogen and oxygen atoms in total. The standard InChI is InChI=1S/C23H23N3O3S/c1-15-21(30-14-24-15)11-12-25(2)22(28)18-13-17-19(9-6-10-20(17)27)26(23(18)29)16-7-4-3-5-8-16/h3-5,7-8,13-14H,6,9-12H2,1-2H3. The van der Waals surface area contributed by atoms with Crippen LogP contribution in [0.15, 0.2) is 46.7 Å². The van der Waals surface area contributed by atoms with E-state index in [0.29, 0.717) is 49.2 Å². The molecular formula is C23H23N3O3S. The van der Waals surface area contributed by atoms with Crippen molar-refractivity contribution < 1.29 is 9.59 Å². The first-order chi connectivity index (χ1) is 14.5. The summed E-state index contributed by atoms with van der Waals surface area (Å²) in [5.41, 5.74) is 4.27. The van der Waals surface area contributed by atoms with Crippen molar-refractivity contribution in [2.24, 2.45) is 0 Å². The summed E-state index contributed by atoms with van der Waals surface area (Å²) in [6.45, 7) is 2.42. The first-order valence-corrected chi connectivity index (χ1v) is 10.9. The number of hydrogen-bond acceptors (Lipinski definition) is 5. The second-order valence-electron chi connectivity index (χ2n) is 7.51. The highest BCUT2D eigenvalue weighted by molar-refractivity contribution is 7.09. The summed E-state index contributed by atoms with van der Waals surface area (Å²) in [7, 11) is 1.69. The first-order valence-electron chi connectivity index (χ1n) is 9.99. The topological polar surface area (TPSA) is 72.3 Å². The Bertz CT molecular complexity index is 1160. The van der Waals surface area contributed by atoms with Crippen molar-refractivity contribution in [3.8, 4) is 5.69 Å². The minimum Gasteiger partial charge on any atom is -0.341 e. The summed E-state index contributed by atoms with van der Waals surface area (Å²) in [4.78, 5) is 46.1. The summed E-state index contributed by atoms with van der Waals surface area (Å²) in [5, 5.41) is 0. The molecule has 0 spiro atoms. The molecule has 0 atom stereocenters. The van der Waals surface area contributed by atoms with E-state index in [2.05, 4.69) is 4.98 Å². The van der Waals surface area contributed by atoms with E-state index in [4.69, 9.17) is 0 Å². The number of carbonyl (C=O) groups excluding carboxylic acids is 2. The monoisotopic (exact) mass is 421 g/mol. The van der Waals surface area contributed by atoms with Gasteiger partial charge in [-0.15, -0.1) is 11.3 Å². The lowest BCUT2D eigenvalue weighted by atomic mass is 9.92. The third-order valence-electron chi connectivity index (χ3n) is 5.53. The van der Waals surface area contributed by atoms with Crippen LogP contribution in [-0.4, -0.2) is 39.7 Å². The van der Waals surface area contributed by atoms with E-state index in [1.807, 2.05) is 37.3 Å². The van der Waals surface area contributed by atoms with Crippen LogP contribution in [0.4, 0.5) is 0 Å². The molecule has 1 aromatic carbocycles. The number of para-hydroxylation sites is 1. The molecule has 0 aliphatic heterocycles. The number of aryl methyl sites for hydroxylation is 1. The number of Topliss-reactive ketones (excluding diaryl/α,β-unsaturated/α-hetero) is 1. The highest BCUT2D eigenvalue weighted by Crippen LogP contribution is 2.24. The molecule has 0 saturated heterocycles. The molecule has 0 bridgehead atoms. The van der Waals surface area contributed by atoms with Gasteiger partial charge < -0.3 is 4.90 Å². The smallest absolute Gasteiger partial charge is 0.268 e. The number of likely N-dealkylation sites (N-methyl/N-ethyl adjacent to an activating group) is 1. The highest BCUT2D eigenvalue weighted by Gasteiger charge is 2.27. The van der Waals surface area contributed by atoms with Crippen molar-refractivity contribution in [3.63, 3.8) is 0 Å². The highest BCUT2D eigenvalue weighted by atomic mass is 32.1. The zero-order valence-electron chi connectivity index (χ0n) is 17.1. The molecule has 30 heavy (non-hydrogen) atoms. The Kier molecular flexibility index (Phi) is 5.63. The van der Waals surface area contributed by atoms with Gasteiger partial charge in [0.15, 0.2) is 5.78 Å². The molecule has 0 saturated carbocycles. The van der Waals surface area contributed by atoms with Crippen LogP contribution in [0.5, 0.6) is 0 Å². The average Bonchev–Trinajstić information content (AvgIpc) is 3.16. The molecule has 1 amide bonds. The molecule has 1 aliphatic carbocycles. The number of thiazole rings is 1. The molecule has 7 heteroatoms. The molecule has 0 radical (unpaired) electrons. The molecule has 0 unspecified atom stereocenters. The normalized spacial score (nSPS) is 13.2. The van der Waals surface area contributed by atoms with Gasteiger partial charge in [-0.1, -0.05) is 18.2 Å². The summed E-state index contributed by atoms with van der Waals surface area (Å²) < 4.78 is 1.54. The van der Waals surface area contributed by atoms with E-state index in [-0.39, 0.29) is 22.8 Å². The number of carbonyl (C=O) groups is 2. The van der Waals surface area contributed by atoms with Gasteiger partial charge in [-0.05, 0) is 38.0 Å². The number of pyridine rings is 1. The van der Waals surface area contributed by atoms with E-state index >= 15 is 0 Å². The number of rotatable bonds is 5. The van der Waals surface area contributed by atoms with Crippen molar-refractivity contribution in [2.45, 2.75) is 32.6 Å².